The summed E-state index contributed by atoms with van der Waals surface area (Å²) < 4.78 is 23.9. The zero-order valence-electron chi connectivity index (χ0n) is 59.9. The smallest absolute Gasteiger partial charge is 0.387 e. The van der Waals surface area contributed by atoms with Gasteiger partial charge in [-0.3, -0.25) is 13.8 Å². The molecule has 8 nitrogen and oxygen atoms in total. The molecule has 0 aromatic carbocycles. The van der Waals surface area contributed by atoms with Crippen LogP contribution < -0.4 is 5.32 Å². The van der Waals surface area contributed by atoms with E-state index in [0.717, 1.165) is 89.9 Å². The van der Waals surface area contributed by atoms with Crippen LogP contribution in [-0.2, 0) is 18.4 Å². The van der Waals surface area contributed by atoms with Crippen LogP contribution in [0.1, 0.15) is 348 Å². The van der Waals surface area contributed by atoms with Crippen molar-refractivity contribution < 1.29 is 32.9 Å². The topological polar surface area (TPSA) is 105 Å². The number of allylic oxidation sites excluding steroid dienone is 17. The van der Waals surface area contributed by atoms with E-state index in [1.54, 1.807) is 6.08 Å². The number of aliphatic hydroxyl groups excluding tert-OH is 1. The van der Waals surface area contributed by atoms with Gasteiger partial charge in [0.15, 0.2) is 0 Å². The summed E-state index contributed by atoms with van der Waals surface area (Å²) in [6, 6.07) is -0.856. The van der Waals surface area contributed by atoms with Crippen LogP contribution in [0.2, 0.25) is 0 Å². The summed E-state index contributed by atoms with van der Waals surface area (Å²) in [7, 11) is 1.57. The molecule has 0 aromatic rings. The van der Waals surface area contributed by atoms with E-state index in [4.69, 9.17) is 9.05 Å². The second-order valence-corrected chi connectivity index (χ2v) is 28.5. The summed E-state index contributed by atoms with van der Waals surface area (Å²) in [4.78, 5) is 23.5. The van der Waals surface area contributed by atoms with Crippen LogP contribution in [-0.4, -0.2) is 73.4 Å². The fourth-order valence-electron chi connectivity index (χ4n) is 11.1. The van der Waals surface area contributed by atoms with E-state index in [9.17, 15) is 19.4 Å². The van der Waals surface area contributed by atoms with Crippen molar-refractivity contribution in [3.8, 4) is 0 Å². The maximum absolute atomic E-state index is 13.1. The lowest BCUT2D eigenvalue weighted by molar-refractivity contribution is -0.870. The Morgan fingerprint density at radius 3 is 0.978 bits per heavy atom. The lowest BCUT2D eigenvalue weighted by Gasteiger charge is -2.25. The highest BCUT2D eigenvalue weighted by Crippen LogP contribution is 2.43. The maximum atomic E-state index is 13.1. The highest BCUT2D eigenvalue weighted by atomic mass is 31.2. The number of carbonyl (C=O) groups is 1. The summed E-state index contributed by atoms with van der Waals surface area (Å²) in [5, 5.41) is 14.0. The van der Waals surface area contributed by atoms with Gasteiger partial charge < -0.3 is 19.8 Å². The summed E-state index contributed by atoms with van der Waals surface area (Å²) in [6.45, 7) is 4.74. The number of phosphoric ester groups is 1. The SMILES string of the molecule is CC/C=C\C/C=C\C/C=C\C/C=C\C/C=C\C/C=C\C/C=C\C/C=C\CCCCCCCCCCCCCCC(=O)NC(COP(=O)(O)OCC[N+](C)(C)C)C(O)/C=C/CCCCCCCCCCCCCCCCCCCCCCCCCCCCCCC. The number of hydrogen-bond acceptors (Lipinski definition) is 5. The Bertz CT molecular complexity index is 1840. The minimum Gasteiger partial charge on any atom is -0.387 e. The standard InChI is InChI=1S/C81H147N2O6P/c1-6-8-10-12-14-16-18-20-22-24-26-28-30-32-34-36-38-39-40-41-42-43-45-47-49-51-53-55-57-59-61-63-65-67-69-71-73-75-81(85)82-79(78-89-90(86,87)88-77-76-83(3,4)5)80(84)74-72-70-68-66-64-62-60-58-56-54-52-50-48-46-44-37-35-33-31-29-27-25-23-21-19-17-15-13-11-9-7-2/h8,10,14,16,20,22,26,28,32,34,38-39,41-42,45,47,72,74,79-80,84H,6-7,9,11-13,15,17-19,21,23-25,27,29-31,33,35-37,40,43-44,46,48-71,73,75-78H2,1-5H3,(H-,82,85,86,87)/p+1/b10-8-,16-14-,22-20-,28-26-,34-32-,39-38-,42-41-,47-45-,74-72+. The van der Waals surface area contributed by atoms with E-state index >= 15 is 0 Å². The van der Waals surface area contributed by atoms with Gasteiger partial charge in [-0.15, -0.1) is 0 Å². The van der Waals surface area contributed by atoms with E-state index < -0.39 is 20.0 Å². The van der Waals surface area contributed by atoms with Gasteiger partial charge in [-0.25, -0.2) is 4.57 Å². The number of amides is 1. The van der Waals surface area contributed by atoms with Crippen LogP contribution in [0.3, 0.4) is 0 Å². The van der Waals surface area contributed by atoms with Crippen molar-refractivity contribution in [2.45, 2.75) is 360 Å². The fraction of sp³-hybridized carbons (Fsp3) is 0.765. The zero-order chi connectivity index (χ0) is 65.5. The van der Waals surface area contributed by atoms with Crippen molar-refractivity contribution in [3.05, 3.63) is 109 Å². The third kappa shape index (κ3) is 72.6. The van der Waals surface area contributed by atoms with Gasteiger partial charge in [-0.2, -0.15) is 0 Å². The number of quaternary nitrogens is 1. The van der Waals surface area contributed by atoms with Gasteiger partial charge in [-0.05, 0) is 83.5 Å². The second kappa shape index (κ2) is 70.5. The number of aliphatic hydroxyl groups is 1. The molecule has 3 unspecified atom stereocenters. The molecule has 1 amide bonds. The molecule has 0 rings (SSSR count). The second-order valence-electron chi connectivity index (χ2n) is 27.0. The van der Waals surface area contributed by atoms with Gasteiger partial charge in [0.1, 0.15) is 13.2 Å². The van der Waals surface area contributed by atoms with E-state index in [2.05, 4.69) is 116 Å². The first kappa shape index (κ1) is 87.2. The number of carbonyl (C=O) groups excluding carboxylic acids is 1. The van der Waals surface area contributed by atoms with Crippen LogP contribution in [0, 0.1) is 0 Å². The molecule has 0 heterocycles. The molecule has 0 aromatic heterocycles. The van der Waals surface area contributed by atoms with E-state index in [-0.39, 0.29) is 19.1 Å². The molecule has 0 aliphatic rings. The number of unbranched alkanes of at least 4 members (excludes halogenated alkanes) is 41. The quantitative estimate of drug-likeness (QED) is 0.0243. The van der Waals surface area contributed by atoms with Crippen molar-refractivity contribution >= 4 is 13.7 Å². The van der Waals surface area contributed by atoms with Gasteiger partial charge in [0.05, 0.1) is 39.9 Å². The molecule has 3 N–H and O–H groups in total. The molecule has 9 heteroatoms. The molecule has 0 saturated carbocycles. The number of nitrogens with one attached hydrogen (secondary N) is 1. The summed E-state index contributed by atoms with van der Waals surface area (Å²) >= 11 is 0. The van der Waals surface area contributed by atoms with E-state index in [1.807, 2.05) is 27.2 Å². The van der Waals surface area contributed by atoms with Gasteiger partial charge >= 0.3 is 7.82 Å². The molecule has 522 valence electrons. The van der Waals surface area contributed by atoms with Crippen LogP contribution in [0.15, 0.2) is 109 Å². The number of nitrogens with zero attached hydrogens (tertiary/aromatic N) is 1. The fourth-order valence-corrected chi connectivity index (χ4v) is 11.9. The van der Waals surface area contributed by atoms with Crippen molar-refractivity contribution in [1.29, 1.82) is 0 Å². The van der Waals surface area contributed by atoms with Crippen molar-refractivity contribution in [1.82, 2.24) is 5.32 Å². The van der Waals surface area contributed by atoms with Gasteiger partial charge in [0.25, 0.3) is 0 Å². The number of likely N-dealkylation sites (N-methyl/N-ethyl adjacent to an activating group) is 1. The van der Waals surface area contributed by atoms with Crippen molar-refractivity contribution in [3.63, 3.8) is 0 Å². The normalized spacial score (nSPS) is 14.2. The lowest BCUT2D eigenvalue weighted by Crippen LogP contribution is -2.45. The zero-order valence-corrected chi connectivity index (χ0v) is 60.8. The Morgan fingerprint density at radius 1 is 0.389 bits per heavy atom. The van der Waals surface area contributed by atoms with E-state index in [0.29, 0.717) is 17.4 Å². The van der Waals surface area contributed by atoms with Gasteiger partial charge in [-0.1, -0.05) is 367 Å². The summed E-state index contributed by atoms with van der Waals surface area (Å²) in [5.74, 6) is -0.178. The Labute approximate surface area is 559 Å². The Kier molecular flexibility index (Phi) is 68.3. The predicted octanol–water partition coefficient (Wildman–Crippen LogP) is 25.0. The molecule has 0 fully saturated rings. The summed E-state index contributed by atoms with van der Waals surface area (Å²) in [5.41, 5.74) is 0. The first-order valence-electron chi connectivity index (χ1n) is 38.3. The molecule has 0 saturated heterocycles. The number of phosphoric acid groups is 1. The minimum absolute atomic E-state index is 0.0578. The van der Waals surface area contributed by atoms with Gasteiger partial charge in [0.2, 0.25) is 5.91 Å². The Hall–Kier alpha value is -2.84. The maximum Gasteiger partial charge on any atom is 0.472 e. The molecular weight excluding hydrogens is 1130 g/mol. The van der Waals surface area contributed by atoms with Crippen LogP contribution in [0.25, 0.3) is 0 Å². The first-order valence-corrected chi connectivity index (χ1v) is 39.8. The molecule has 0 spiro atoms. The van der Waals surface area contributed by atoms with Gasteiger partial charge in [0, 0.05) is 6.42 Å². The molecule has 0 aliphatic carbocycles. The largest absolute Gasteiger partial charge is 0.472 e. The average molecular weight is 1280 g/mol. The minimum atomic E-state index is -4.36. The first-order chi connectivity index (χ1) is 44.0. The number of rotatable bonds is 70. The molecule has 0 radical (unpaired) electrons. The third-order valence-electron chi connectivity index (χ3n) is 17.0. The Balaban J connectivity index is 4.06. The highest BCUT2D eigenvalue weighted by molar-refractivity contribution is 7.47. The van der Waals surface area contributed by atoms with Crippen LogP contribution in [0.5, 0.6) is 0 Å². The Morgan fingerprint density at radius 2 is 0.667 bits per heavy atom. The van der Waals surface area contributed by atoms with Crippen LogP contribution >= 0.6 is 7.82 Å². The van der Waals surface area contributed by atoms with E-state index in [1.165, 1.54) is 238 Å². The monoisotopic (exact) mass is 1280 g/mol. The van der Waals surface area contributed by atoms with Crippen molar-refractivity contribution in [2.24, 2.45) is 0 Å². The molecular formula is C81H148N2O6P+. The number of hydrogen-bond donors (Lipinski definition) is 3. The summed E-state index contributed by atoms with van der Waals surface area (Å²) in [6.07, 6.45) is 104. The average Bonchev–Trinajstić information content (AvgIpc) is 3.18. The van der Waals surface area contributed by atoms with Crippen molar-refractivity contribution in [2.75, 3.05) is 40.9 Å². The molecule has 90 heavy (non-hydrogen) atoms. The predicted molar refractivity (Wildman–Crippen MR) is 396 cm³/mol. The molecule has 3 atom stereocenters. The van der Waals surface area contributed by atoms with Crippen LogP contribution in [0.4, 0.5) is 0 Å². The highest BCUT2D eigenvalue weighted by Gasteiger charge is 2.28. The molecule has 0 aliphatic heterocycles. The lowest BCUT2D eigenvalue weighted by atomic mass is 10.0. The third-order valence-corrected chi connectivity index (χ3v) is 18.0. The molecule has 0 bridgehead atoms.